The molecule has 0 bridgehead atoms. The fourth-order valence-corrected chi connectivity index (χ4v) is 3.85. The van der Waals surface area contributed by atoms with Crippen LogP contribution in [0.4, 0.5) is 5.69 Å². The molecule has 9 nitrogen and oxygen atoms in total. The summed E-state index contributed by atoms with van der Waals surface area (Å²) in [5.74, 6) is -0.777. The van der Waals surface area contributed by atoms with Crippen molar-refractivity contribution in [3.05, 3.63) is 29.5 Å². The second-order valence-corrected chi connectivity index (χ2v) is 9.27. The largest absolute Gasteiger partial charge is 0.504 e. The summed E-state index contributed by atoms with van der Waals surface area (Å²) in [6, 6.07) is 1.44. The molecule has 2 aromatic rings. The Morgan fingerprint density at radius 1 is 1.31 bits per heavy atom. The van der Waals surface area contributed by atoms with Crippen LogP contribution in [0.3, 0.4) is 0 Å². The van der Waals surface area contributed by atoms with Gasteiger partial charge in [0.15, 0.2) is 21.6 Å². The number of furan rings is 1. The van der Waals surface area contributed by atoms with Gasteiger partial charge in [-0.15, -0.1) is 11.3 Å². The van der Waals surface area contributed by atoms with Crippen LogP contribution in [0.2, 0.25) is 0 Å². The van der Waals surface area contributed by atoms with Gasteiger partial charge >= 0.3 is 0 Å². The molecule has 0 aromatic carbocycles. The Morgan fingerprint density at radius 3 is 2.42 bits per heavy atom. The Hall–Kier alpha value is -2.37. The lowest BCUT2D eigenvalue weighted by Gasteiger charge is -2.26. The van der Waals surface area contributed by atoms with Crippen molar-refractivity contribution in [3.8, 4) is 5.75 Å². The summed E-state index contributed by atoms with van der Waals surface area (Å²) in [6.45, 7) is 5.95. The van der Waals surface area contributed by atoms with Crippen molar-refractivity contribution in [2.45, 2.75) is 31.0 Å². The molecule has 11 heteroatoms. The smallest absolute Gasteiger partial charge is 0.251 e. The second-order valence-electron chi connectivity index (χ2n) is 6.64. The molecule has 1 atom stereocenters. The van der Waals surface area contributed by atoms with Crippen LogP contribution >= 0.6 is 11.3 Å². The topological polar surface area (TPSA) is 170 Å². The first kappa shape index (κ1) is 19.9. The van der Waals surface area contributed by atoms with Gasteiger partial charge in [-0.05, 0) is 11.5 Å². The van der Waals surface area contributed by atoms with E-state index in [2.05, 4.69) is 9.98 Å². The number of amidine groups is 2. The van der Waals surface area contributed by atoms with Gasteiger partial charge in [0.25, 0.3) is 10.0 Å². The molecule has 0 spiro atoms. The number of nitrogens with zero attached hydrogens (tertiary/aromatic N) is 2. The van der Waals surface area contributed by atoms with Gasteiger partial charge in [0.1, 0.15) is 5.69 Å². The molecule has 2 rings (SSSR count). The highest BCUT2D eigenvalue weighted by Gasteiger charge is 2.27. The molecule has 0 fully saturated rings. The number of rotatable bonds is 4. The predicted octanol–water partition coefficient (Wildman–Crippen LogP) is 1.83. The van der Waals surface area contributed by atoms with Gasteiger partial charge < -0.3 is 21.0 Å². The molecule has 0 saturated carbocycles. The number of thiophene rings is 1. The zero-order valence-corrected chi connectivity index (χ0v) is 16.1. The number of hydrogen-bond donors (Lipinski definition) is 4. The summed E-state index contributed by atoms with van der Waals surface area (Å²) in [4.78, 5) is 8.39. The van der Waals surface area contributed by atoms with Crippen molar-refractivity contribution in [3.63, 3.8) is 0 Å². The average molecular weight is 399 g/mol. The van der Waals surface area contributed by atoms with E-state index in [9.17, 15) is 13.5 Å². The molecule has 26 heavy (non-hydrogen) atoms. The molecule has 142 valence electrons. The lowest BCUT2D eigenvalue weighted by atomic mass is 9.84. The molecule has 0 aliphatic heterocycles. The van der Waals surface area contributed by atoms with Gasteiger partial charge in [0, 0.05) is 10.9 Å². The SMILES string of the molecule is CC(C)(C)[C@@H](N=C(N)C(N)=Nc1csc(S(N)(=O)=O)c1O)c1ccoc1. The zero-order chi connectivity index (χ0) is 19.7. The number of primary sulfonamides is 1. The highest BCUT2D eigenvalue weighted by atomic mass is 32.2. The molecule has 0 aliphatic rings. The highest BCUT2D eigenvalue weighted by Crippen LogP contribution is 2.39. The number of sulfonamides is 1. The maximum atomic E-state index is 11.4. The molecular formula is C15H21N5O4S2. The predicted molar refractivity (Wildman–Crippen MR) is 101 cm³/mol. The average Bonchev–Trinajstić information content (AvgIpc) is 3.13. The standard InChI is InChI=1S/C15H21N5O4S2/c1-15(2,3)11(8-4-5-24-6-8)20-13(17)12(16)19-9-7-25-14(10(9)21)26(18,22)23/h4-7,11,21H,1-3H3,(H2,16,19)(H2,17,20)(H2,18,22,23)/t11-/m0/s1. The van der Waals surface area contributed by atoms with Crippen LogP contribution in [0, 0.1) is 5.41 Å². The van der Waals surface area contributed by atoms with E-state index in [1.165, 1.54) is 11.6 Å². The first-order valence-electron chi connectivity index (χ1n) is 7.44. The van der Waals surface area contributed by atoms with E-state index in [0.29, 0.717) is 0 Å². The van der Waals surface area contributed by atoms with Crippen molar-refractivity contribution in [1.82, 2.24) is 0 Å². The van der Waals surface area contributed by atoms with Crippen molar-refractivity contribution < 1.29 is 17.9 Å². The second kappa shape index (κ2) is 7.09. The first-order chi connectivity index (χ1) is 11.9. The summed E-state index contributed by atoms with van der Waals surface area (Å²) >= 11 is 0.734. The van der Waals surface area contributed by atoms with Crippen LogP contribution in [0.25, 0.3) is 0 Å². The third-order valence-electron chi connectivity index (χ3n) is 3.42. The lowest BCUT2D eigenvalue weighted by molar-refractivity contribution is 0.327. The zero-order valence-electron chi connectivity index (χ0n) is 14.5. The molecule has 0 radical (unpaired) electrons. The lowest BCUT2D eigenvalue weighted by Crippen LogP contribution is -2.33. The number of nitrogens with two attached hydrogens (primary N) is 3. The minimum atomic E-state index is -4.05. The van der Waals surface area contributed by atoms with Crippen molar-refractivity contribution in [2.24, 2.45) is 32.0 Å². The summed E-state index contributed by atoms with van der Waals surface area (Å²) in [5, 5.41) is 16.3. The van der Waals surface area contributed by atoms with Gasteiger partial charge in [-0.3, -0.25) is 4.99 Å². The number of hydrogen-bond acceptors (Lipinski definition) is 7. The van der Waals surface area contributed by atoms with Crippen LogP contribution < -0.4 is 16.6 Å². The monoisotopic (exact) mass is 399 g/mol. The molecule has 0 unspecified atom stereocenters. The molecule has 7 N–H and O–H groups in total. The van der Waals surface area contributed by atoms with Crippen molar-refractivity contribution in [2.75, 3.05) is 0 Å². The van der Waals surface area contributed by atoms with Gasteiger partial charge in [0.2, 0.25) is 0 Å². The van der Waals surface area contributed by atoms with Gasteiger partial charge in [-0.1, -0.05) is 20.8 Å². The van der Waals surface area contributed by atoms with E-state index in [1.807, 2.05) is 20.8 Å². The van der Waals surface area contributed by atoms with E-state index >= 15 is 0 Å². The molecule has 2 aromatic heterocycles. The minimum Gasteiger partial charge on any atom is -0.504 e. The van der Waals surface area contributed by atoms with Gasteiger partial charge in [-0.25, -0.2) is 18.5 Å². The third kappa shape index (κ3) is 4.42. The van der Waals surface area contributed by atoms with Crippen molar-refractivity contribution in [1.29, 1.82) is 0 Å². The quantitative estimate of drug-likeness (QED) is 0.451. The third-order valence-corrected chi connectivity index (χ3v) is 5.87. The molecular weight excluding hydrogens is 378 g/mol. The summed E-state index contributed by atoms with van der Waals surface area (Å²) in [5.41, 5.74) is 12.3. The summed E-state index contributed by atoms with van der Waals surface area (Å²) in [7, 11) is -4.05. The van der Waals surface area contributed by atoms with E-state index in [4.69, 9.17) is 21.0 Å². The van der Waals surface area contributed by atoms with E-state index in [0.717, 1.165) is 16.9 Å². The van der Waals surface area contributed by atoms with E-state index in [1.54, 1.807) is 12.3 Å². The summed E-state index contributed by atoms with van der Waals surface area (Å²) < 4.78 is 27.4. The Morgan fingerprint density at radius 2 is 1.96 bits per heavy atom. The molecule has 2 heterocycles. The Bertz CT molecular complexity index is 937. The van der Waals surface area contributed by atoms with Crippen LogP contribution in [0.15, 0.2) is 42.6 Å². The van der Waals surface area contributed by atoms with Crippen molar-refractivity contribution >= 4 is 38.7 Å². The van der Waals surface area contributed by atoms with Crippen LogP contribution in [0.1, 0.15) is 32.4 Å². The fraction of sp³-hybridized carbons (Fsp3) is 0.333. The van der Waals surface area contributed by atoms with Crippen LogP contribution in [-0.4, -0.2) is 25.2 Å². The van der Waals surface area contributed by atoms with Crippen LogP contribution in [0.5, 0.6) is 5.75 Å². The van der Waals surface area contributed by atoms with Gasteiger partial charge in [-0.2, -0.15) is 0 Å². The molecule has 0 saturated heterocycles. The number of aliphatic imine (C=N–C) groups is 2. The highest BCUT2D eigenvalue weighted by molar-refractivity contribution is 7.91. The normalized spacial score (nSPS) is 15.2. The van der Waals surface area contributed by atoms with E-state index in [-0.39, 0.29) is 28.8 Å². The Labute approximate surface area is 155 Å². The summed E-state index contributed by atoms with van der Waals surface area (Å²) in [6.07, 6.45) is 3.11. The first-order valence-corrected chi connectivity index (χ1v) is 9.87. The van der Waals surface area contributed by atoms with E-state index < -0.39 is 20.0 Å². The Balaban J connectivity index is 2.39. The molecule has 0 amide bonds. The Kier molecular flexibility index (Phi) is 5.44. The maximum absolute atomic E-state index is 11.4. The maximum Gasteiger partial charge on any atom is 0.251 e. The minimum absolute atomic E-state index is 0.0473. The number of aromatic hydroxyl groups is 1. The van der Waals surface area contributed by atoms with Gasteiger partial charge in [0.05, 0.1) is 18.6 Å². The molecule has 0 aliphatic carbocycles. The fourth-order valence-electron chi connectivity index (χ4n) is 2.20. The van der Waals surface area contributed by atoms with Crippen LogP contribution in [-0.2, 0) is 10.0 Å².